The van der Waals surface area contributed by atoms with E-state index in [1.165, 1.54) is 5.56 Å². The molecule has 1 N–H and O–H groups in total. The van der Waals surface area contributed by atoms with Crippen LogP contribution in [0.1, 0.15) is 18.9 Å². The van der Waals surface area contributed by atoms with Crippen LogP contribution < -0.4 is 14.8 Å². The SMILES string of the molecule is COC(C)Oc1ccc(Br)c(CC2CCN(CC3Oc4ccccc4NC3=O)C2)c1. The Labute approximate surface area is 185 Å². The van der Waals surface area contributed by atoms with Crippen molar-refractivity contribution in [1.82, 2.24) is 4.90 Å². The van der Waals surface area contributed by atoms with Crippen molar-refractivity contribution in [3.63, 3.8) is 0 Å². The maximum absolute atomic E-state index is 12.4. The fourth-order valence-corrected chi connectivity index (χ4v) is 4.43. The number of likely N-dealkylation sites (tertiary alicyclic amines) is 1. The minimum absolute atomic E-state index is 0.0722. The number of halogens is 1. The quantitative estimate of drug-likeness (QED) is 0.612. The molecule has 0 spiro atoms. The number of carbonyl (C=O) groups excluding carboxylic acids is 1. The van der Waals surface area contributed by atoms with Crippen molar-refractivity contribution in [3.8, 4) is 11.5 Å². The highest BCUT2D eigenvalue weighted by molar-refractivity contribution is 9.10. The summed E-state index contributed by atoms with van der Waals surface area (Å²) in [4.78, 5) is 14.7. The number of methoxy groups -OCH3 is 1. The maximum Gasteiger partial charge on any atom is 0.266 e. The smallest absolute Gasteiger partial charge is 0.266 e. The molecular weight excluding hydrogens is 448 g/mol. The number of fused-ring (bicyclic) bond motifs is 1. The van der Waals surface area contributed by atoms with Crippen LogP contribution in [0.5, 0.6) is 11.5 Å². The standard InChI is InChI=1S/C23H27BrN2O4/c1-15(28-2)29-18-7-8-19(24)17(12-18)11-16-9-10-26(13-16)14-22-23(27)25-20-5-3-4-6-21(20)30-22/h3-8,12,15-16,22H,9-11,13-14H2,1-2H3,(H,25,27). The zero-order valence-corrected chi connectivity index (χ0v) is 18.9. The molecule has 30 heavy (non-hydrogen) atoms. The second-order valence-corrected chi connectivity index (χ2v) is 8.74. The number of carbonyl (C=O) groups is 1. The van der Waals surface area contributed by atoms with Crippen LogP contribution in [-0.4, -0.2) is 49.9 Å². The van der Waals surface area contributed by atoms with E-state index in [1.807, 2.05) is 43.3 Å². The molecule has 0 bridgehead atoms. The number of rotatable bonds is 7. The third-order valence-corrected chi connectivity index (χ3v) is 6.43. The number of amides is 1. The van der Waals surface area contributed by atoms with Gasteiger partial charge in [0.25, 0.3) is 5.91 Å². The zero-order valence-electron chi connectivity index (χ0n) is 17.3. The van der Waals surface area contributed by atoms with Crippen LogP contribution in [0, 0.1) is 5.92 Å². The molecule has 0 aliphatic carbocycles. The molecule has 2 aliphatic rings. The predicted octanol–water partition coefficient (Wildman–Crippen LogP) is 4.08. The highest BCUT2D eigenvalue weighted by Gasteiger charge is 2.32. The van der Waals surface area contributed by atoms with Gasteiger partial charge in [-0.15, -0.1) is 0 Å². The Hall–Kier alpha value is -2.09. The van der Waals surface area contributed by atoms with Gasteiger partial charge in [0.15, 0.2) is 12.4 Å². The summed E-state index contributed by atoms with van der Waals surface area (Å²) >= 11 is 3.67. The molecule has 0 radical (unpaired) electrons. The Bertz CT molecular complexity index is 907. The average Bonchev–Trinajstić information content (AvgIpc) is 3.18. The van der Waals surface area contributed by atoms with Crippen LogP contribution in [0.2, 0.25) is 0 Å². The number of hydrogen-bond donors (Lipinski definition) is 1. The van der Waals surface area contributed by atoms with Crippen molar-refractivity contribution in [3.05, 3.63) is 52.5 Å². The minimum Gasteiger partial charge on any atom is -0.477 e. The molecule has 160 valence electrons. The van der Waals surface area contributed by atoms with E-state index in [4.69, 9.17) is 14.2 Å². The summed E-state index contributed by atoms with van der Waals surface area (Å²) < 4.78 is 18.0. The van der Waals surface area contributed by atoms with Crippen molar-refractivity contribution in [1.29, 1.82) is 0 Å². The maximum atomic E-state index is 12.4. The summed E-state index contributed by atoms with van der Waals surface area (Å²) in [7, 11) is 1.63. The van der Waals surface area contributed by atoms with Crippen molar-refractivity contribution in [2.24, 2.45) is 5.92 Å². The molecule has 3 unspecified atom stereocenters. The van der Waals surface area contributed by atoms with E-state index in [0.29, 0.717) is 12.5 Å². The fourth-order valence-electron chi connectivity index (χ4n) is 4.02. The van der Waals surface area contributed by atoms with Gasteiger partial charge < -0.3 is 19.5 Å². The molecule has 0 aromatic heterocycles. The van der Waals surface area contributed by atoms with Gasteiger partial charge in [-0.2, -0.15) is 0 Å². The second-order valence-electron chi connectivity index (χ2n) is 7.88. The lowest BCUT2D eigenvalue weighted by Crippen LogP contribution is -2.45. The van der Waals surface area contributed by atoms with Gasteiger partial charge in [-0.3, -0.25) is 9.69 Å². The van der Waals surface area contributed by atoms with E-state index < -0.39 is 6.10 Å². The summed E-state index contributed by atoms with van der Waals surface area (Å²) in [6.45, 7) is 4.39. The predicted molar refractivity (Wildman–Crippen MR) is 119 cm³/mol. The largest absolute Gasteiger partial charge is 0.477 e. The summed E-state index contributed by atoms with van der Waals surface area (Å²) in [6.07, 6.45) is 1.29. The van der Waals surface area contributed by atoms with Crippen LogP contribution in [0.3, 0.4) is 0 Å². The number of nitrogens with one attached hydrogen (secondary N) is 1. The summed E-state index contributed by atoms with van der Waals surface area (Å²) in [5.74, 6) is 2.00. The van der Waals surface area contributed by atoms with E-state index in [9.17, 15) is 4.79 Å². The molecule has 2 aliphatic heterocycles. The Morgan fingerprint density at radius 3 is 2.97 bits per heavy atom. The van der Waals surface area contributed by atoms with Crippen molar-refractivity contribution in [2.45, 2.75) is 32.2 Å². The summed E-state index contributed by atoms with van der Waals surface area (Å²) in [5, 5.41) is 2.95. The molecule has 2 aromatic rings. The molecule has 2 aromatic carbocycles. The van der Waals surface area contributed by atoms with Crippen molar-refractivity contribution in [2.75, 3.05) is 32.1 Å². The van der Waals surface area contributed by atoms with E-state index in [-0.39, 0.29) is 12.2 Å². The van der Waals surface area contributed by atoms with Gasteiger partial charge in [-0.25, -0.2) is 0 Å². The lowest BCUT2D eigenvalue weighted by molar-refractivity contribution is -0.124. The highest BCUT2D eigenvalue weighted by atomic mass is 79.9. The summed E-state index contributed by atoms with van der Waals surface area (Å²) in [5.41, 5.74) is 1.97. The number of nitrogens with zero attached hydrogens (tertiary/aromatic N) is 1. The van der Waals surface area contributed by atoms with E-state index in [2.05, 4.69) is 32.2 Å². The first-order valence-electron chi connectivity index (χ1n) is 10.3. The van der Waals surface area contributed by atoms with Gasteiger partial charge in [0.2, 0.25) is 0 Å². The van der Waals surface area contributed by atoms with Gasteiger partial charge in [-0.05, 0) is 68.1 Å². The lowest BCUT2D eigenvalue weighted by Gasteiger charge is -2.28. The van der Waals surface area contributed by atoms with Crippen LogP contribution in [-0.2, 0) is 16.0 Å². The lowest BCUT2D eigenvalue weighted by atomic mass is 9.98. The highest BCUT2D eigenvalue weighted by Crippen LogP contribution is 2.31. The Morgan fingerprint density at radius 1 is 1.30 bits per heavy atom. The average molecular weight is 475 g/mol. The van der Waals surface area contributed by atoms with Gasteiger partial charge >= 0.3 is 0 Å². The molecule has 0 saturated carbocycles. The first kappa shape index (κ1) is 21.2. The van der Waals surface area contributed by atoms with Gasteiger partial charge in [0, 0.05) is 24.7 Å². The number of benzene rings is 2. The zero-order chi connectivity index (χ0) is 21.1. The van der Waals surface area contributed by atoms with E-state index in [0.717, 1.165) is 47.6 Å². The number of para-hydroxylation sites is 2. The number of anilines is 1. The molecule has 7 heteroatoms. The molecule has 6 nitrogen and oxygen atoms in total. The number of ether oxygens (including phenoxy) is 3. The molecule has 1 amide bonds. The van der Waals surface area contributed by atoms with Gasteiger partial charge in [-0.1, -0.05) is 28.1 Å². The second kappa shape index (κ2) is 9.37. The Kier molecular flexibility index (Phi) is 6.61. The van der Waals surface area contributed by atoms with Crippen LogP contribution in [0.25, 0.3) is 0 Å². The molecule has 3 atom stereocenters. The first-order valence-corrected chi connectivity index (χ1v) is 11.1. The molecule has 4 rings (SSSR count). The first-order chi connectivity index (χ1) is 14.5. The third kappa shape index (κ3) is 4.96. The monoisotopic (exact) mass is 474 g/mol. The summed E-state index contributed by atoms with van der Waals surface area (Å²) in [6, 6.07) is 13.6. The van der Waals surface area contributed by atoms with Crippen molar-refractivity contribution < 1.29 is 19.0 Å². The van der Waals surface area contributed by atoms with Crippen LogP contribution >= 0.6 is 15.9 Å². The molecule has 1 fully saturated rings. The molecule has 2 heterocycles. The third-order valence-electron chi connectivity index (χ3n) is 5.66. The number of hydrogen-bond acceptors (Lipinski definition) is 5. The van der Waals surface area contributed by atoms with Crippen LogP contribution in [0.15, 0.2) is 46.9 Å². The Balaban J connectivity index is 1.34. The van der Waals surface area contributed by atoms with Gasteiger partial charge in [0.05, 0.1) is 5.69 Å². The van der Waals surface area contributed by atoms with E-state index >= 15 is 0 Å². The fraction of sp³-hybridized carbons (Fsp3) is 0.435. The topological polar surface area (TPSA) is 60.0 Å². The minimum atomic E-state index is -0.474. The normalized spacial score (nSPS) is 22.2. The van der Waals surface area contributed by atoms with E-state index in [1.54, 1.807) is 7.11 Å². The Morgan fingerprint density at radius 2 is 2.13 bits per heavy atom. The molecule has 1 saturated heterocycles. The van der Waals surface area contributed by atoms with Crippen LogP contribution in [0.4, 0.5) is 5.69 Å². The van der Waals surface area contributed by atoms with Gasteiger partial charge in [0.1, 0.15) is 11.5 Å². The molecular formula is C23H27BrN2O4. The van der Waals surface area contributed by atoms with Crippen molar-refractivity contribution >= 4 is 27.5 Å².